The normalized spacial score (nSPS) is 18.3. The lowest BCUT2D eigenvalue weighted by Gasteiger charge is -2.33. The van der Waals surface area contributed by atoms with E-state index in [0.717, 1.165) is 74.9 Å². The highest BCUT2D eigenvalue weighted by Crippen LogP contribution is 2.37. The van der Waals surface area contributed by atoms with Crippen LogP contribution in [0, 0.1) is 11.8 Å². The zero-order valence-corrected chi connectivity index (χ0v) is 33.0. The van der Waals surface area contributed by atoms with Crippen LogP contribution < -0.4 is 5.32 Å². The minimum atomic E-state index is -1.13. The number of carbonyl (C=O) groups is 4. The smallest absolute Gasteiger partial charge is 0.407 e. The van der Waals surface area contributed by atoms with Crippen LogP contribution in [0.5, 0.6) is 0 Å². The average Bonchev–Trinajstić information content (AvgIpc) is 4.03. The number of fused-ring (bicyclic) bond motifs is 3. The highest BCUT2D eigenvalue weighted by atomic mass is 16.5. The number of aromatic nitrogens is 5. The first-order valence-electron chi connectivity index (χ1n) is 19.3. The van der Waals surface area contributed by atoms with Gasteiger partial charge in [-0.15, -0.1) is 0 Å². The number of aryl methyl sites for hydroxylation is 1. The van der Waals surface area contributed by atoms with Crippen LogP contribution in [0.2, 0.25) is 0 Å². The van der Waals surface area contributed by atoms with Gasteiger partial charge in [0.05, 0.1) is 43.0 Å². The number of methoxy groups -OCH3 is 1. The third-order valence-electron chi connectivity index (χ3n) is 11.5. The van der Waals surface area contributed by atoms with Crippen LogP contribution >= 0.6 is 0 Å². The molecule has 56 heavy (non-hydrogen) atoms. The molecule has 2 aromatic carbocycles. The molecule has 0 spiro atoms. The number of likely N-dealkylation sites (tertiary alicyclic amines) is 2. The maximum absolute atomic E-state index is 13.7. The van der Waals surface area contributed by atoms with Gasteiger partial charge in [-0.25, -0.2) is 19.6 Å². The molecule has 15 nitrogen and oxygen atoms in total. The molecule has 4 N–H and O–H groups in total. The molecule has 2 aliphatic heterocycles. The van der Waals surface area contributed by atoms with Gasteiger partial charge in [0.1, 0.15) is 23.7 Å². The molecule has 0 aliphatic carbocycles. The molecule has 7 rings (SSSR count). The van der Waals surface area contributed by atoms with Gasteiger partial charge in [0.15, 0.2) is 0 Å². The standard InChI is InChI=1S/C41H51N9O6/c1-22(2)34(46-40(53)56-7)38(51)49-16-8-10-30(49)36-42-20-28(44-36)24-12-14-26-27-15-13-25(19-33(27)47(5)32(26)18-24)29-21-43-37(45-29)31-11-9-17-50(31)39(52)35(23(3)4)48(6)41(54)55/h12-15,18-23,30-31,34-35H,8-11,16-17H2,1-7H3,(H,42,44)(H,43,45)(H,46,53)(H,54,55)/t30-,31-,34-,35-/m0/s1. The Morgan fingerprint density at radius 2 is 1.32 bits per heavy atom. The van der Waals surface area contributed by atoms with Crippen LogP contribution in [-0.4, -0.2) is 108 Å². The zero-order chi connectivity index (χ0) is 40.0. The molecule has 5 aromatic rings. The Morgan fingerprint density at radius 3 is 1.77 bits per heavy atom. The Bertz CT molecular complexity index is 2290. The summed E-state index contributed by atoms with van der Waals surface area (Å²) in [5, 5.41) is 14.6. The number of carboxylic acid groups (broad SMARTS) is 1. The molecule has 2 aliphatic rings. The number of nitrogens with zero attached hydrogens (tertiary/aromatic N) is 6. The van der Waals surface area contributed by atoms with E-state index >= 15 is 0 Å². The molecular formula is C41H51N9O6. The lowest BCUT2D eigenvalue weighted by molar-refractivity contribution is -0.138. The van der Waals surface area contributed by atoms with Crippen molar-refractivity contribution in [3.05, 3.63) is 60.4 Å². The second-order valence-corrected chi connectivity index (χ2v) is 15.7. The fraction of sp³-hybridized carbons (Fsp3) is 0.463. The fourth-order valence-electron chi connectivity index (χ4n) is 8.54. The number of rotatable bonds is 10. The van der Waals surface area contributed by atoms with Gasteiger partial charge in [-0.05, 0) is 49.7 Å². The van der Waals surface area contributed by atoms with Crippen molar-refractivity contribution in [2.45, 2.75) is 77.5 Å². The number of ether oxygens (including phenoxy) is 1. The van der Waals surface area contributed by atoms with E-state index in [1.165, 1.54) is 14.2 Å². The van der Waals surface area contributed by atoms with Crippen molar-refractivity contribution >= 4 is 45.8 Å². The van der Waals surface area contributed by atoms with Crippen LogP contribution in [0.25, 0.3) is 44.3 Å². The van der Waals surface area contributed by atoms with E-state index < -0.39 is 24.3 Å². The van der Waals surface area contributed by atoms with Gasteiger partial charge in [-0.1, -0.05) is 52.0 Å². The highest BCUT2D eigenvalue weighted by Gasteiger charge is 2.40. The number of aromatic amines is 2. The van der Waals surface area contributed by atoms with E-state index in [1.54, 1.807) is 11.1 Å². The van der Waals surface area contributed by atoms with Crippen molar-refractivity contribution in [2.75, 3.05) is 27.2 Å². The van der Waals surface area contributed by atoms with Crippen LogP contribution in [-0.2, 0) is 21.4 Å². The van der Waals surface area contributed by atoms with Crippen molar-refractivity contribution in [3.63, 3.8) is 0 Å². The number of carbonyl (C=O) groups excluding carboxylic acids is 3. The molecule has 5 heterocycles. The van der Waals surface area contributed by atoms with Crippen LogP contribution in [0.15, 0.2) is 48.8 Å². The van der Waals surface area contributed by atoms with Gasteiger partial charge in [0.2, 0.25) is 11.8 Å². The highest BCUT2D eigenvalue weighted by molar-refractivity contribution is 6.09. The Balaban J connectivity index is 1.12. The summed E-state index contributed by atoms with van der Waals surface area (Å²) in [6.07, 6.45) is 5.01. The quantitative estimate of drug-likeness (QED) is 0.125. The molecule has 4 atom stereocenters. The second kappa shape index (κ2) is 15.3. The Labute approximate surface area is 325 Å². The maximum Gasteiger partial charge on any atom is 0.407 e. The summed E-state index contributed by atoms with van der Waals surface area (Å²) in [7, 11) is 4.79. The van der Waals surface area contributed by atoms with Crippen molar-refractivity contribution in [2.24, 2.45) is 18.9 Å². The summed E-state index contributed by atoms with van der Waals surface area (Å²) < 4.78 is 6.94. The number of H-pyrrole nitrogens is 2. The van der Waals surface area contributed by atoms with Gasteiger partial charge < -0.3 is 39.5 Å². The van der Waals surface area contributed by atoms with Gasteiger partial charge >= 0.3 is 12.2 Å². The van der Waals surface area contributed by atoms with Gasteiger partial charge in [0, 0.05) is 60.1 Å². The van der Waals surface area contributed by atoms with E-state index in [2.05, 4.69) is 56.3 Å². The summed E-state index contributed by atoms with van der Waals surface area (Å²) in [6, 6.07) is 10.7. The number of alkyl carbamates (subject to hydrolysis) is 1. The molecular weight excluding hydrogens is 715 g/mol. The van der Waals surface area contributed by atoms with E-state index in [9.17, 15) is 24.3 Å². The monoisotopic (exact) mass is 765 g/mol. The molecule has 0 bridgehead atoms. The molecule has 4 amide bonds. The van der Waals surface area contributed by atoms with Crippen molar-refractivity contribution in [3.8, 4) is 22.5 Å². The number of hydrogen-bond donors (Lipinski definition) is 4. The number of hydrogen-bond acceptors (Lipinski definition) is 7. The summed E-state index contributed by atoms with van der Waals surface area (Å²) in [5.74, 6) is 0.756. The number of nitrogens with one attached hydrogen (secondary N) is 3. The predicted molar refractivity (Wildman–Crippen MR) is 212 cm³/mol. The van der Waals surface area contributed by atoms with E-state index in [4.69, 9.17) is 14.7 Å². The van der Waals surface area contributed by atoms with Gasteiger partial charge in [-0.2, -0.15) is 0 Å². The zero-order valence-electron chi connectivity index (χ0n) is 33.0. The van der Waals surface area contributed by atoms with Crippen molar-refractivity contribution in [1.29, 1.82) is 0 Å². The fourth-order valence-corrected chi connectivity index (χ4v) is 8.54. The molecule has 0 unspecified atom stereocenters. The average molecular weight is 766 g/mol. The lowest BCUT2D eigenvalue weighted by atomic mass is 10.0. The number of imidazole rings is 2. The first-order chi connectivity index (χ1) is 26.8. The second-order valence-electron chi connectivity index (χ2n) is 15.7. The first-order valence-corrected chi connectivity index (χ1v) is 19.3. The lowest BCUT2D eigenvalue weighted by Crippen LogP contribution is -2.51. The minimum Gasteiger partial charge on any atom is -0.465 e. The van der Waals surface area contributed by atoms with Crippen molar-refractivity contribution < 1.29 is 29.0 Å². The molecule has 2 fully saturated rings. The SMILES string of the molecule is COC(=O)N[C@H](C(=O)N1CCC[C@H]1c1ncc(-c2ccc3c4ccc(-c5cnc([C@@H]6CCCN6C(=O)[C@H](C(C)C)N(C)C(=O)O)[nH]5)cc4n(C)c3c2)[nH]1)C(C)C. The molecule has 15 heteroatoms. The largest absolute Gasteiger partial charge is 0.465 e. The van der Waals surface area contributed by atoms with E-state index in [-0.39, 0.29) is 35.7 Å². The Hall–Kier alpha value is -5.86. The summed E-state index contributed by atoms with van der Waals surface area (Å²) >= 11 is 0. The summed E-state index contributed by atoms with van der Waals surface area (Å²) in [6.45, 7) is 8.66. The molecule has 2 saturated heterocycles. The van der Waals surface area contributed by atoms with E-state index in [1.807, 2.05) is 45.8 Å². The topological polar surface area (TPSA) is 182 Å². The van der Waals surface area contributed by atoms with Crippen LogP contribution in [0.4, 0.5) is 9.59 Å². The molecule has 3 aromatic heterocycles. The Kier molecular flexibility index (Phi) is 10.5. The number of likely N-dealkylation sites (N-methyl/N-ethyl adjacent to an activating group) is 1. The number of amides is 4. The first kappa shape index (κ1) is 38.4. The van der Waals surface area contributed by atoms with Crippen molar-refractivity contribution in [1.82, 2.24) is 44.5 Å². The molecule has 0 saturated carbocycles. The van der Waals surface area contributed by atoms with Crippen LogP contribution in [0.1, 0.15) is 77.1 Å². The van der Waals surface area contributed by atoms with Gasteiger partial charge in [0.25, 0.3) is 0 Å². The summed E-state index contributed by atoms with van der Waals surface area (Å²) in [5.41, 5.74) is 5.70. The van der Waals surface area contributed by atoms with Gasteiger partial charge in [-0.3, -0.25) is 14.5 Å². The van der Waals surface area contributed by atoms with Crippen LogP contribution in [0.3, 0.4) is 0 Å². The van der Waals surface area contributed by atoms with E-state index in [0.29, 0.717) is 24.7 Å². The maximum atomic E-state index is 13.7. The molecule has 296 valence electrons. The third kappa shape index (κ3) is 6.94. The Morgan fingerprint density at radius 1 is 0.821 bits per heavy atom. The minimum absolute atomic E-state index is 0.117. The number of benzene rings is 2. The molecule has 0 radical (unpaired) electrons. The summed E-state index contributed by atoms with van der Waals surface area (Å²) in [4.78, 5) is 72.2. The predicted octanol–water partition coefficient (Wildman–Crippen LogP) is 6.45. The third-order valence-corrected chi connectivity index (χ3v) is 11.5.